The van der Waals surface area contributed by atoms with Crippen LogP contribution in [0.1, 0.15) is 27.2 Å². The lowest BCUT2D eigenvalue weighted by molar-refractivity contribution is -0.116. The Morgan fingerprint density at radius 3 is 2.52 bits per heavy atom. The van der Waals surface area contributed by atoms with Crippen LogP contribution in [0, 0.1) is 0 Å². The highest BCUT2D eigenvalue weighted by molar-refractivity contribution is 5.90. The fraction of sp³-hybridized carbons (Fsp3) is 0.500. The number of hydrogen-bond donors (Lipinski definition) is 2. The molecule has 0 fully saturated rings. The van der Waals surface area contributed by atoms with E-state index in [1.807, 2.05) is 0 Å². The Balaban J connectivity index is 2.29. The van der Waals surface area contributed by atoms with Crippen molar-refractivity contribution in [2.45, 2.75) is 32.8 Å². The quantitative estimate of drug-likeness (QED) is 0.866. The van der Waals surface area contributed by atoms with Crippen LogP contribution in [0.25, 0.3) is 0 Å². The number of anilines is 1. The lowest BCUT2D eigenvalue weighted by Gasteiger charge is -2.19. The van der Waals surface area contributed by atoms with Crippen LogP contribution in [-0.2, 0) is 9.53 Å². The molecule has 0 radical (unpaired) electrons. The van der Waals surface area contributed by atoms with Gasteiger partial charge >= 0.3 is 6.09 Å². The van der Waals surface area contributed by atoms with Crippen molar-refractivity contribution < 1.29 is 19.1 Å². The molecule has 0 aromatic carbocycles. The van der Waals surface area contributed by atoms with Gasteiger partial charge in [0.15, 0.2) is 0 Å². The number of methoxy groups -OCH3 is 1. The van der Waals surface area contributed by atoms with Crippen LogP contribution in [0.3, 0.4) is 0 Å². The molecule has 0 aliphatic carbocycles. The van der Waals surface area contributed by atoms with E-state index in [0.717, 1.165) is 0 Å². The van der Waals surface area contributed by atoms with Crippen molar-refractivity contribution >= 4 is 17.7 Å². The number of nitrogens with one attached hydrogen (secondary N) is 2. The smallest absolute Gasteiger partial charge is 0.407 e. The van der Waals surface area contributed by atoms with E-state index in [4.69, 9.17) is 9.47 Å². The molecule has 1 aromatic rings. The van der Waals surface area contributed by atoms with E-state index in [2.05, 4.69) is 15.6 Å². The third kappa shape index (κ3) is 7.14. The molecule has 0 atom stereocenters. The van der Waals surface area contributed by atoms with Gasteiger partial charge in [0.05, 0.1) is 19.0 Å². The first kappa shape index (κ1) is 16.7. The number of alkyl carbamates (subject to hydrolysis) is 1. The van der Waals surface area contributed by atoms with Gasteiger partial charge in [-0.3, -0.25) is 4.79 Å². The second-order valence-electron chi connectivity index (χ2n) is 5.32. The van der Waals surface area contributed by atoms with E-state index >= 15 is 0 Å². The fourth-order valence-electron chi connectivity index (χ4n) is 1.39. The number of amides is 2. The summed E-state index contributed by atoms with van der Waals surface area (Å²) in [6.45, 7) is 5.52. The molecule has 7 heteroatoms. The zero-order chi connectivity index (χ0) is 15.9. The maximum atomic E-state index is 11.7. The Morgan fingerprint density at radius 1 is 1.29 bits per heavy atom. The number of carbonyl (C=O) groups is 2. The largest absolute Gasteiger partial charge is 0.481 e. The van der Waals surface area contributed by atoms with Gasteiger partial charge in [-0.05, 0) is 26.8 Å². The second kappa shape index (κ2) is 7.47. The number of rotatable bonds is 5. The fourth-order valence-corrected chi connectivity index (χ4v) is 1.39. The van der Waals surface area contributed by atoms with Gasteiger partial charge in [-0.25, -0.2) is 9.78 Å². The molecule has 0 saturated carbocycles. The lowest BCUT2D eigenvalue weighted by Crippen LogP contribution is -2.34. The highest BCUT2D eigenvalue weighted by Crippen LogP contribution is 2.11. The van der Waals surface area contributed by atoms with Crippen LogP contribution in [0.15, 0.2) is 18.3 Å². The van der Waals surface area contributed by atoms with Crippen molar-refractivity contribution in [2.24, 2.45) is 0 Å². The predicted octanol–water partition coefficient (Wildman–Crippen LogP) is 1.94. The van der Waals surface area contributed by atoms with Gasteiger partial charge in [-0.2, -0.15) is 0 Å². The summed E-state index contributed by atoms with van der Waals surface area (Å²) < 4.78 is 9.98. The summed E-state index contributed by atoms with van der Waals surface area (Å²) in [6.07, 6.45) is 1.10. The van der Waals surface area contributed by atoms with Crippen LogP contribution in [0.2, 0.25) is 0 Å². The van der Waals surface area contributed by atoms with E-state index < -0.39 is 11.7 Å². The van der Waals surface area contributed by atoms with Crippen molar-refractivity contribution in [1.29, 1.82) is 0 Å². The van der Waals surface area contributed by atoms with E-state index in [1.165, 1.54) is 13.3 Å². The molecular formula is C14H21N3O4. The summed E-state index contributed by atoms with van der Waals surface area (Å²) in [5.41, 5.74) is 0.0132. The first-order chi connectivity index (χ1) is 9.80. The van der Waals surface area contributed by atoms with Crippen LogP contribution < -0.4 is 15.4 Å². The SMILES string of the molecule is COc1ccc(NC(=O)CCNC(=O)OC(C)(C)C)cn1. The van der Waals surface area contributed by atoms with Crippen LogP contribution in [-0.4, -0.2) is 36.2 Å². The van der Waals surface area contributed by atoms with E-state index in [0.29, 0.717) is 11.6 Å². The Bertz CT molecular complexity index is 480. The third-order valence-corrected chi connectivity index (χ3v) is 2.25. The summed E-state index contributed by atoms with van der Waals surface area (Å²) >= 11 is 0. The van der Waals surface area contributed by atoms with Gasteiger partial charge in [0, 0.05) is 19.0 Å². The van der Waals surface area contributed by atoms with Gasteiger partial charge in [0.1, 0.15) is 5.60 Å². The van der Waals surface area contributed by atoms with E-state index in [-0.39, 0.29) is 18.9 Å². The number of aromatic nitrogens is 1. The zero-order valence-corrected chi connectivity index (χ0v) is 12.7. The number of nitrogens with zero attached hydrogens (tertiary/aromatic N) is 1. The Morgan fingerprint density at radius 2 is 2.00 bits per heavy atom. The van der Waals surface area contributed by atoms with Gasteiger partial charge in [-0.15, -0.1) is 0 Å². The van der Waals surface area contributed by atoms with Crippen molar-refractivity contribution in [3.8, 4) is 5.88 Å². The average Bonchev–Trinajstić information content (AvgIpc) is 2.37. The number of pyridine rings is 1. The molecule has 116 valence electrons. The van der Waals surface area contributed by atoms with E-state index in [9.17, 15) is 9.59 Å². The first-order valence-electron chi connectivity index (χ1n) is 6.57. The van der Waals surface area contributed by atoms with Gasteiger partial charge in [0.25, 0.3) is 0 Å². The topological polar surface area (TPSA) is 89.6 Å². The average molecular weight is 295 g/mol. The molecule has 0 aliphatic rings. The molecule has 0 unspecified atom stereocenters. The molecule has 7 nitrogen and oxygen atoms in total. The summed E-state index contributed by atoms with van der Waals surface area (Å²) in [5, 5.41) is 5.18. The van der Waals surface area contributed by atoms with Crippen LogP contribution in [0.5, 0.6) is 5.88 Å². The summed E-state index contributed by atoms with van der Waals surface area (Å²) in [6, 6.07) is 3.33. The molecule has 2 N–H and O–H groups in total. The molecule has 1 heterocycles. The molecule has 21 heavy (non-hydrogen) atoms. The number of ether oxygens (including phenoxy) is 2. The minimum atomic E-state index is -0.554. The van der Waals surface area contributed by atoms with Crippen molar-refractivity contribution in [1.82, 2.24) is 10.3 Å². The highest BCUT2D eigenvalue weighted by atomic mass is 16.6. The van der Waals surface area contributed by atoms with Crippen molar-refractivity contribution in [2.75, 3.05) is 19.0 Å². The highest BCUT2D eigenvalue weighted by Gasteiger charge is 2.15. The molecule has 0 saturated heterocycles. The van der Waals surface area contributed by atoms with Crippen LogP contribution in [0.4, 0.5) is 10.5 Å². The van der Waals surface area contributed by atoms with Gasteiger partial charge in [-0.1, -0.05) is 0 Å². The minimum absolute atomic E-state index is 0.144. The maximum absolute atomic E-state index is 11.7. The normalized spacial score (nSPS) is 10.7. The van der Waals surface area contributed by atoms with Crippen LogP contribution >= 0.6 is 0 Å². The molecular weight excluding hydrogens is 274 g/mol. The maximum Gasteiger partial charge on any atom is 0.407 e. The third-order valence-electron chi connectivity index (χ3n) is 2.25. The molecule has 1 aromatic heterocycles. The second-order valence-corrected chi connectivity index (χ2v) is 5.32. The first-order valence-corrected chi connectivity index (χ1v) is 6.57. The van der Waals surface area contributed by atoms with E-state index in [1.54, 1.807) is 32.9 Å². The molecule has 0 spiro atoms. The zero-order valence-electron chi connectivity index (χ0n) is 12.7. The van der Waals surface area contributed by atoms with Crippen molar-refractivity contribution in [3.63, 3.8) is 0 Å². The van der Waals surface area contributed by atoms with Gasteiger partial charge in [0.2, 0.25) is 11.8 Å². The van der Waals surface area contributed by atoms with Crippen molar-refractivity contribution in [3.05, 3.63) is 18.3 Å². The summed E-state index contributed by atoms with van der Waals surface area (Å²) in [4.78, 5) is 27.0. The summed E-state index contributed by atoms with van der Waals surface area (Å²) in [5.74, 6) is 0.248. The number of carbonyl (C=O) groups excluding carboxylic acids is 2. The Kier molecular flexibility index (Phi) is 5.95. The predicted molar refractivity (Wildman–Crippen MR) is 78.3 cm³/mol. The molecule has 0 aliphatic heterocycles. The molecule has 1 rings (SSSR count). The standard InChI is InChI=1S/C14H21N3O4/c1-14(2,3)21-13(19)15-8-7-11(18)17-10-5-6-12(20-4)16-9-10/h5-6,9H,7-8H2,1-4H3,(H,15,19)(H,17,18). The lowest BCUT2D eigenvalue weighted by atomic mass is 10.2. The monoisotopic (exact) mass is 295 g/mol. The van der Waals surface area contributed by atoms with Gasteiger partial charge < -0.3 is 20.1 Å². The Hall–Kier alpha value is -2.31. The minimum Gasteiger partial charge on any atom is -0.481 e. The molecule has 0 bridgehead atoms. The Labute approximate surface area is 124 Å². The molecule has 2 amide bonds. The summed E-state index contributed by atoms with van der Waals surface area (Å²) in [7, 11) is 1.52. The number of hydrogen-bond acceptors (Lipinski definition) is 5.